The van der Waals surface area contributed by atoms with Gasteiger partial charge in [-0.05, 0) is 30.2 Å². The topological polar surface area (TPSA) is 67.9 Å². The molecule has 0 amide bonds. The highest BCUT2D eigenvalue weighted by Crippen LogP contribution is 2.35. The molecule has 0 aliphatic heterocycles. The van der Waals surface area contributed by atoms with Gasteiger partial charge in [-0.2, -0.15) is 10.4 Å². The molecule has 1 heterocycles. The van der Waals surface area contributed by atoms with Crippen LogP contribution in [0, 0.1) is 17.1 Å². The first-order valence-electron chi connectivity index (χ1n) is 8.89. The number of ether oxygens (including phenoxy) is 1. The first-order valence-corrected chi connectivity index (χ1v) is 9.27. The zero-order valence-electron chi connectivity index (χ0n) is 15.4. The predicted molar refractivity (Wildman–Crippen MR) is 104 cm³/mol. The number of methoxy groups -OCH3 is 1. The van der Waals surface area contributed by atoms with Crippen LogP contribution in [0.4, 0.5) is 4.39 Å². The van der Waals surface area contributed by atoms with Crippen molar-refractivity contribution < 1.29 is 13.9 Å². The lowest BCUT2D eigenvalue weighted by molar-refractivity contribution is -0.140. The number of esters is 1. The minimum atomic E-state index is -0.427. The van der Waals surface area contributed by atoms with Crippen molar-refractivity contribution in [3.05, 3.63) is 64.6 Å². The Morgan fingerprint density at radius 2 is 2.14 bits per heavy atom. The maximum absolute atomic E-state index is 14.7. The summed E-state index contributed by atoms with van der Waals surface area (Å²) in [4.78, 5) is 11.5. The van der Waals surface area contributed by atoms with E-state index < -0.39 is 11.7 Å². The van der Waals surface area contributed by atoms with Crippen LogP contribution in [0.25, 0.3) is 10.9 Å². The number of para-hydroxylation sites is 1. The minimum absolute atomic E-state index is 0.180. The number of fused-ring (bicyclic) bond motifs is 1. The van der Waals surface area contributed by atoms with Crippen LogP contribution in [-0.2, 0) is 16.1 Å². The van der Waals surface area contributed by atoms with E-state index in [-0.39, 0.29) is 18.8 Å². The second-order valence-corrected chi connectivity index (χ2v) is 6.80. The largest absolute Gasteiger partial charge is 0.469 e. The summed E-state index contributed by atoms with van der Waals surface area (Å²) in [5.41, 5.74) is 1.97. The van der Waals surface area contributed by atoms with Gasteiger partial charge in [0, 0.05) is 22.7 Å². The third-order valence-corrected chi connectivity index (χ3v) is 4.89. The number of rotatable bonds is 7. The number of carbonyl (C=O) groups is 1. The van der Waals surface area contributed by atoms with Gasteiger partial charge in [0.1, 0.15) is 5.82 Å². The Kier molecular flexibility index (Phi) is 6.27. The lowest BCUT2D eigenvalue weighted by Gasteiger charge is -2.15. The fraction of sp³-hybridized carbons (Fsp3) is 0.286. The fourth-order valence-corrected chi connectivity index (χ4v) is 3.47. The molecule has 0 N–H and O–H groups in total. The SMILES string of the molecule is COC(=O)CCn1nc(C(CCC#N)c2ccc(Cl)cc2F)c2ccccc21. The summed E-state index contributed by atoms with van der Waals surface area (Å²) in [6.45, 7) is 0.348. The molecule has 0 radical (unpaired) electrons. The van der Waals surface area contributed by atoms with E-state index in [9.17, 15) is 9.18 Å². The van der Waals surface area contributed by atoms with Gasteiger partial charge in [-0.1, -0.05) is 35.9 Å². The molecule has 5 nitrogen and oxygen atoms in total. The van der Waals surface area contributed by atoms with E-state index in [1.807, 2.05) is 24.3 Å². The molecule has 2 aromatic carbocycles. The summed E-state index contributed by atoms with van der Waals surface area (Å²) >= 11 is 5.90. The highest BCUT2D eigenvalue weighted by atomic mass is 35.5. The molecular formula is C21H19ClFN3O2. The second kappa shape index (κ2) is 8.85. The Bertz CT molecular complexity index is 1040. The Hall–Kier alpha value is -2.91. The third kappa shape index (κ3) is 4.15. The summed E-state index contributed by atoms with van der Waals surface area (Å²) in [7, 11) is 1.34. The van der Waals surface area contributed by atoms with E-state index >= 15 is 0 Å². The van der Waals surface area contributed by atoms with Crippen LogP contribution in [0.3, 0.4) is 0 Å². The number of carbonyl (C=O) groups excluding carboxylic acids is 1. The maximum atomic E-state index is 14.7. The zero-order valence-corrected chi connectivity index (χ0v) is 16.1. The van der Waals surface area contributed by atoms with Gasteiger partial charge in [0.15, 0.2) is 0 Å². The van der Waals surface area contributed by atoms with Gasteiger partial charge in [-0.15, -0.1) is 0 Å². The van der Waals surface area contributed by atoms with Crippen molar-refractivity contribution in [3.8, 4) is 6.07 Å². The summed E-state index contributed by atoms with van der Waals surface area (Å²) in [5.74, 6) is -1.16. The molecular weight excluding hydrogens is 381 g/mol. The first-order chi connectivity index (χ1) is 13.5. The standard InChI is InChI=1S/C21H19ClFN3O2/c1-28-20(27)10-12-26-19-7-3-2-5-17(19)21(25-26)16(6-4-11-24)15-9-8-14(22)13-18(15)23/h2-3,5,7-9,13,16H,4,6,10,12H2,1H3. The number of aryl methyl sites for hydroxylation is 1. The highest BCUT2D eigenvalue weighted by Gasteiger charge is 2.24. The van der Waals surface area contributed by atoms with Gasteiger partial charge in [-0.3, -0.25) is 9.48 Å². The summed E-state index contributed by atoms with van der Waals surface area (Å²) < 4.78 is 21.1. The molecule has 0 saturated heterocycles. The van der Waals surface area contributed by atoms with Crippen LogP contribution in [0.2, 0.25) is 5.02 Å². The van der Waals surface area contributed by atoms with Crippen LogP contribution < -0.4 is 0 Å². The van der Waals surface area contributed by atoms with E-state index in [0.29, 0.717) is 29.2 Å². The van der Waals surface area contributed by atoms with E-state index in [4.69, 9.17) is 21.6 Å². The molecule has 1 unspecified atom stereocenters. The molecule has 0 saturated carbocycles. The van der Waals surface area contributed by atoms with Crippen LogP contribution in [0.5, 0.6) is 0 Å². The molecule has 7 heteroatoms. The minimum Gasteiger partial charge on any atom is -0.469 e. The lowest BCUT2D eigenvalue weighted by atomic mass is 9.89. The van der Waals surface area contributed by atoms with Crippen molar-refractivity contribution in [3.63, 3.8) is 0 Å². The number of hydrogen-bond donors (Lipinski definition) is 0. The van der Waals surface area contributed by atoms with Crippen LogP contribution in [0.15, 0.2) is 42.5 Å². The van der Waals surface area contributed by atoms with Crippen LogP contribution >= 0.6 is 11.6 Å². The normalized spacial score (nSPS) is 11.9. The smallest absolute Gasteiger partial charge is 0.307 e. The molecule has 1 aromatic heterocycles. The van der Waals surface area contributed by atoms with Crippen LogP contribution in [0.1, 0.15) is 36.4 Å². The van der Waals surface area contributed by atoms with Crippen LogP contribution in [-0.4, -0.2) is 22.9 Å². The number of halogens is 2. The number of aromatic nitrogens is 2. The molecule has 144 valence electrons. The number of nitriles is 1. The lowest BCUT2D eigenvalue weighted by Crippen LogP contribution is -2.10. The molecule has 3 aromatic rings. The van der Waals surface area contributed by atoms with Crippen molar-refractivity contribution in [2.24, 2.45) is 0 Å². The van der Waals surface area contributed by atoms with Gasteiger partial charge >= 0.3 is 5.97 Å². The molecule has 0 spiro atoms. The number of hydrogen-bond acceptors (Lipinski definition) is 4. The number of benzene rings is 2. The Labute approximate surface area is 167 Å². The van der Waals surface area contributed by atoms with Gasteiger partial charge in [0.25, 0.3) is 0 Å². The van der Waals surface area contributed by atoms with Gasteiger partial charge < -0.3 is 4.74 Å². The van der Waals surface area contributed by atoms with E-state index in [1.54, 1.807) is 16.8 Å². The monoisotopic (exact) mass is 399 g/mol. The Morgan fingerprint density at radius 1 is 1.36 bits per heavy atom. The molecule has 0 fully saturated rings. The van der Waals surface area contributed by atoms with Crippen molar-refractivity contribution >= 4 is 28.5 Å². The quantitative estimate of drug-likeness (QED) is 0.534. The molecule has 28 heavy (non-hydrogen) atoms. The summed E-state index contributed by atoms with van der Waals surface area (Å²) in [6.07, 6.45) is 0.864. The molecule has 3 rings (SSSR count). The summed E-state index contributed by atoms with van der Waals surface area (Å²) in [6, 6.07) is 14.3. The van der Waals surface area contributed by atoms with Gasteiger partial charge in [-0.25, -0.2) is 4.39 Å². The van der Waals surface area contributed by atoms with Crippen molar-refractivity contribution in [1.82, 2.24) is 9.78 Å². The average Bonchev–Trinajstić information content (AvgIpc) is 3.06. The highest BCUT2D eigenvalue weighted by molar-refractivity contribution is 6.30. The average molecular weight is 400 g/mol. The summed E-state index contributed by atoms with van der Waals surface area (Å²) in [5, 5.41) is 14.9. The van der Waals surface area contributed by atoms with E-state index in [2.05, 4.69) is 11.2 Å². The van der Waals surface area contributed by atoms with Crippen molar-refractivity contribution in [1.29, 1.82) is 5.26 Å². The van der Waals surface area contributed by atoms with E-state index in [0.717, 1.165) is 10.9 Å². The van der Waals surface area contributed by atoms with Crippen molar-refractivity contribution in [2.75, 3.05) is 7.11 Å². The van der Waals surface area contributed by atoms with Gasteiger partial charge in [0.2, 0.25) is 0 Å². The molecule has 0 aliphatic carbocycles. The third-order valence-electron chi connectivity index (χ3n) is 4.65. The first kappa shape index (κ1) is 19.8. The van der Waals surface area contributed by atoms with Gasteiger partial charge in [0.05, 0.1) is 37.4 Å². The number of nitrogens with zero attached hydrogens (tertiary/aromatic N) is 3. The maximum Gasteiger partial charge on any atom is 0.307 e. The van der Waals surface area contributed by atoms with Crippen molar-refractivity contribution in [2.45, 2.75) is 31.7 Å². The second-order valence-electron chi connectivity index (χ2n) is 6.37. The Morgan fingerprint density at radius 3 is 2.86 bits per heavy atom. The molecule has 1 atom stereocenters. The Balaban J connectivity index is 2.09. The molecule has 0 aliphatic rings. The predicted octanol–water partition coefficient (Wildman–Crippen LogP) is 4.83. The molecule has 0 bridgehead atoms. The fourth-order valence-electron chi connectivity index (χ4n) is 3.31. The van der Waals surface area contributed by atoms with E-state index in [1.165, 1.54) is 13.2 Å². The zero-order chi connectivity index (χ0) is 20.1.